The molecular formula is C15H11Cl2IO3. The van der Waals surface area contributed by atoms with Crippen LogP contribution in [-0.4, -0.2) is 13.4 Å². The molecule has 2 aromatic carbocycles. The average molecular weight is 437 g/mol. The van der Waals surface area contributed by atoms with E-state index in [-0.39, 0.29) is 0 Å². The van der Waals surface area contributed by atoms with Crippen molar-refractivity contribution >= 4 is 52.1 Å². The highest BCUT2D eigenvalue weighted by Gasteiger charge is 2.12. The van der Waals surface area contributed by atoms with Crippen molar-refractivity contribution in [2.45, 2.75) is 6.61 Å². The summed E-state index contributed by atoms with van der Waals surface area (Å²) in [6, 6.07) is 8.69. The Kier molecular flexibility index (Phi) is 5.72. The molecule has 0 aliphatic carbocycles. The summed E-state index contributed by atoms with van der Waals surface area (Å²) < 4.78 is 11.9. The van der Waals surface area contributed by atoms with E-state index in [1.807, 2.05) is 6.07 Å². The van der Waals surface area contributed by atoms with E-state index in [1.54, 1.807) is 24.3 Å². The van der Waals surface area contributed by atoms with Gasteiger partial charge in [-0.1, -0.05) is 29.3 Å². The first-order valence-corrected chi connectivity index (χ1v) is 7.78. The molecule has 0 fully saturated rings. The molecule has 0 heterocycles. The molecule has 0 radical (unpaired) electrons. The highest BCUT2D eigenvalue weighted by Crippen LogP contribution is 2.34. The van der Waals surface area contributed by atoms with Crippen LogP contribution >= 0.6 is 45.8 Å². The number of hydrogen-bond donors (Lipinski definition) is 0. The third-order valence-electron chi connectivity index (χ3n) is 2.76. The molecule has 6 heteroatoms. The smallest absolute Gasteiger partial charge is 0.174 e. The molecule has 0 saturated heterocycles. The van der Waals surface area contributed by atoms with Crippen LogP contribution in [0, 0.1) is 3.57 Å². The first-order valence-electron chi connectivity index (χ1n) is 5.94. The maximum atomic E-state index is 10.9. The molecular weight excluding hydrogens is 426 g/mol. The topological polar surface area (TPSA) is 35.5 Å². The lowest BCUT2D eigenvalue weighted by Gasteiger charge is -2.13. The lowest BCUT2D eigenvalue weighted by molar-refractivity contribution is 0.112. The van der Waals surface area contributed by atoms with Crippen molar-refractivity contribution in [1.82, 2.24) is 0 Å². The number of benzene rings is 2. The molecule has 21 heavy (non-hydrogen) atoms. The Hall–Kier alpha value is -0.980. The average Bonchev–Trinajstić information content (AvgIpc) is 2.48. The van der Waals surface area contributed by atoms with Gasteiger partial charge >= 0.3 is 0 Å². The van der Waals surface area contributed by atoms with E-state index in [0.29, 0.717) is 33.7 Å². The first kappa shape index (κ1) is 16.4. The maximum absolute atomic E-state index is 10.9. The Morgan fingerprint density at radius 2 is 1.95 bits per heavy atom. The van der Waals surface area contributed by atoms with Crippen LogP contribution in [0.15, 0.2) is 30.3 Å². The number of carbonyl (C=O) groups is 1. The van der Waals surface area contributed by atoms with E-state index in [2.05, 4.69) is 22.6 Å². The highest BCUT2D eigenvalue weighted by atomic mass is 127. The van der Waals surface area contributed by atoms with Gasteiger partial charge < -0.3 is 9.47 Å². The van der Waals surface area contributed by atoms with E-state index in [1.165, 1.54) is 7.11 Å². The third kappa shape index (κ3) is 4.02. The second-order valence-corrected chi connectivity index (χ2v) is 6.17. The first-order chi connectivity index (χ1) is 10.0. The zero-order valence-electron chi connectivity index (χ0n) is 11.0. The summed E-state index contributed by atoms with van der Waals surface area (Å²) in [6.07, 6.45) is 0.771. The Morgan fingerprint density at radius 3 is 2.57 bits per heavy atom. The lowest BCUT2D eigenvalue weighted by Crippen LogP contribution is -2.00. The number of carbonyl (C=O) groups excluding carboxylic acids is 1. The van der Waals surface area contributed by atoms with Gasteiger partial charge in [0.15, 0.2) is 11.5 Å². The molecule has 3 nitrogen and oxygen atoms in total. The van der Waals surface area contributed by atoms with Gasteiger partial charge in [-0.3, -0.25) is 4.79 Å². The minimum Gasteiger partial charge on any atom is -0.493 e. The molecule has 0 aliphatic heterocycles. The molecule has 0 N–H and O–H groups in total. The summed E-state index contributed by atoms with van der Waals surface area (Å²) in [5.74, 6) is 1.11. The SMILES string of the molecule is COc1cc(C=O)cc(I)c1OCc1ccc(Cl)c(Cl)c1. The summed E-state index contributed by atoms with van der Waals surface area (Å²) in [5, 5.41) is 0.985. The second-order valence-electron chi connectivity index (χ2n) is 4.19. The second kappa shape index (κ2) is 7.33. The summed E-state index contributed by atoms with van der Waals surface area (Å²) >= 11 is 14.0. The van der Waals surface area contributed by atoms with E-state index in [0.717, 1.165) is 15.4 Å². The molecule has 0 saturated carbocycles. The number of rotatable bonds is 5. The van der Waals surface area contributed by atoms with E-state index >= 15 is 0 Å². The molecule has 2 aromatic rings. The van der Waals surface area contributed by atoms with Crippen LogP contribution < -0.4 is 9.47 Å². The molecule has 0 unspecified atom stereocenters. The van der Waals surface area contributed by atoms with Gasteiger partial charge in [-0.05, 0) is 52.4 Å². The van der Waals surface area contributed by atoms with E-state index < -0.39 is 0 Å². The number of halogens is 3. The maximum Gasteiger partial charge on any atom is 0.174 e. The molecule has 0 atom stereocenters. The number of hydrogen-bond acceptors (Lipinski definition) is 3. The highest BCUT2D eigenvalue weighted by molar-refractivity contribution is 14.1. The number of ether oxygens (including phenoxy) is 2. The largest absolute Gasteiger partial charge is 0.493 e. The van der Waals surface area contributed by atoms with Crippen LogP contribution in [0.25, 0.3) is 0 Å². The van der Waals surface area contributed by atoms with Crippen molar-refractivity contribution in [2.24, 2.45) is 0 Å². The number of methoxy groups -OCH3 is 1. The van der Waals surface area contributed by atoms with Gasteiger partial charge in [0, 0.05) is 5.56 Å². The summed E-state index contributed by atoms with van der Waals surface area (Å²) in [6.45, 7) is 0.323. The van der Waals surface area contributed by atoms with Gasteiger partial charge in [-0.2, -0.15) is 0 Å². The van der Waals surface area contributed by atoms with Crippen molar-refractivity contribution in [3.8, 4) is 11.5 Å². The zero-order valence-corrected chi connectivity index (χ0v) is 14.7. The fraction of sp³-hybridized carbons (Fsp3) is 0.133. The molecule has 0 bridgehead atoms. The van der Waals surface area contributed by atoms with Gasteiger partial charge in [0.05, 0.1) is 20.7 Å². The predicted molar refractivity (Wildman–Crippen MR) is 91.9 cm³/mol. The Morgan fingerprint density at radius 1 is 1.19 bits per heavy atom. The lowest BCUT2D eigenvalue weighted by atomic mass is 10.2. The fourth-order valence-corrected chi connectivity index (χ4v) is 2.83. The van der Waals surface area contributed by atoms with Gasteiger partial charge in [0.25, 0.3) is 0 Å². The molecule has 0 spiro atoms. The molecule has 110 valence electrons. The van der Waals surface area contributed by atoms with Gasteiger partial charge in [0.1, 0.15) is 12.9 Å². The monoisotopic (exact) mass is 436 g/mol. The van der Waals surface area contributed by atoms with Gasteiger partial charge in [-0.25, -0.2) is 0 Å². The minimum absolute atomic E-state index is 0.323. The standard InChI is InChI=1S/C15H11Cl2IO3/c1-20-14-6-10(7-19)5-13(18)15(14)21-8-9-2-3-11(16)12(17)4-9/h2-7H,8H2,1H3. The fourth-order valence-electron chi connectivity index (χ4n) is 1.73. The van der Waals surface area contributed by atoms with E-state index in [4.69, 9.17) is 32.7 Å². The van der Waals surface area contributed by atoms with Crippen LogP contribution in [0.4, 0.5) is 0 Å². The molecule has 0 amide bonds. The molecule has 0 aromatic heterocycles. The van der Waals surface area contributed by atoms with Crippen molar-refractivity contribution in [3.63, 3.8) is 0 Å². The molecule has 2 rings (SSSR count). The predicted octanol–water partition coefficient (Wildman–Crippen LogP) is 5.00. The van der Waals surface area contributed by atoms with Crippen LogP contribution in [0.5, 0.6) is 11.5 Å². The van der Waals surface area contributed by atoms with Crippen molar-refractivity contribution in [2.75, 3.05) is 7.11 Å². The Labute approximate surface area is 146 Å². The summed E-state index contributed by atoms with van der Waals surface area (Å²) in [5.41, 5.74) is 1.43. The summed E-state index contributed by atoms with van der Waals surface area (Å²) in [7, 11) is 1.53. The van der Waals surface area contributed by atoms with Gasteiger partial charge in [-0.15, -0.1) is 0 Å². The van der Waals surface area contributed by atoms with Gasteiger partial charge in [0.2, 0.25) is 0 Å². The van der Waals surface area contributed by atoms with Crippen LogP contribution in [-0.2, 0) is 6.61 Å². The van der Waals surface area contributed by atoms with Crippen molar-refractivity contribution in [1.29, 1.82) is 0 Å². The van der Waals surface area contributed by atoms with E-state index in [9.17, 15) is 4.79 Å². The van der Waals surface area contributed by atoms with Crippen molar-refractivity contribution < 1.29 is 14.3 Å². The minimum atomic E-state index is 0.323. The Bertz CT molecular complexity index is 674. The van der Waals surface area contributed by atoms with Crippen LogP contribution in [0.3, 0.4) is 0 Å². The third-order valence-corrected chi connectivity index (χ3v) is 4.30. The van der Waals surface area contributed by atoms with Crippen molar-refractivity contribution in [3.05, 3.63) is 55.1 Å². The number of aldehydes is 1. The Balaban J connectivity index is 2.23. The zero-order chi connectivity index (χ0) is 15.4. The summed E-state index contributed by atoms with van der Waals surface area (Å²) in [4.78, 5) is 10.9. The molecule has 0 aliphatic rings. The quantitative estimate of drug-likeness (QED) is 0.488. The van der Waals surface area contributed by atoms with Crippen LogP contribution in [0.1, 0.15) is 15.9 Å². The van der Waals surface area contributed by atoms with Crippen LogP contribution in [0.2, 0.25) is 10.0 Å². The normalized spacial score (nSPS) is 10.3.